The van der Waals surface area contributed by atoms with Crippen molar-refractivity contribution in [3.8, 4) is 0 Å². The summed E-state index contributed by atoms with van der Waals surface area (Å²) in [5, 5.41) is 5.49. The SMILES string of the molecule is Cc1ccc(S(=O)(=O)OC(=O)[C@]2(NC(=O)c3ccccc3)CCCN2)cc1. The average molecular weight is 388 g/mol. The number of carbonyl (C=O) groups excluding carboxylic acids is 2. The van der Waals surface area contributed by atoms with E-state index in [0.717, 1.165) is 5.56 Å². The molecule has 2 aromatic carbocycles. The number of carbonyl (C=O) groups is 2. The smallest absolute Gasteiger partial charge is 0.338 e. The van der Waals surface area contributed by atoms with Crippen molar-refractivity contribution in [2.75, 3.05) is 6.54 Å². The van der Waals surface area contributed by atoms with Crippen LogP contribution in [0.5, 0.6) is 0 Å². The van der Waals surface area contributed by atoms with Gasteiger partial charge in [0.15, 0.2) is 5.66 Å². The second kappa shape index (κ2) is 7.50. The molecule has 1 atom stereocenters. The van der Waals surface area contributed by atoms with Crippen molar-refractivity contribution in [2.45, 2.75) is 30.3 Å². The third-order valence-electron chi connectivity index (χ3n) is 4.36. The van der Waals surface area contributed by atoms with Crippen LogP contribution in [0.3, 0.4) is 0 Å². The minimum Gasteiger partial charge on any atom is -0.338 e. The molecular weight excluding hydrogens is 368 g/mol. The van der Waals surface area contributed by atoms with Crippen molar-refractivity contribution in [2.24, 2.45) is 0 Å². The Morgan fingerprint density at radius 2 is 1.74 bits per heavy atom. The molecule has 1 amide bonds. The number of aryl methyl sites for hydroxylation is 1. The van der Waals surface area contributed by atoms with E-state index in [1.165, 1.54) is 12.1 Å². The molecule has 0 unspecified atom stereocenters. The molecule has 3 rings (SSSR count). The Kier molecular flexibility index (Phi) is 5.29. The van der Waals surface area contributed by atoms with Gasteiger partial charge in [0, 0.05) is 5.56 Å². The average Bonchev–Trinajstić information content (AvgIpc) is 3.12. The van der Waals surface area contributed by atoms with Crippen LogP contribution in [0.4, 0.5) is 0 Å². The lowest BCUT2D eigenvalue weighted by molar-refractivity contribution is -0.141. The van der Waals surface area contributed by atoms with Gasteiger partial charge >= 0.3 is 16.1 Å². The maximum absolute atomic E-state index is 12.7. The van der Waals surface area contributed by atoms with Crippen LogP contribution in [0.15, 0.2) is 59.5 Å². The third-order valence-corrected chi connectivity index (χ3v) is 5.58. The molecule has 1 aliphatic heterocycles. The Morgan fingerprint density at radius 3 is 2.33 bits per heavy atom. The number of rotatable bonds is 5. The zero-order valence-electron chi connectivity index (χ0n) is 14.8. The first-order valence-electron chi connectivity index (χ1n) is 8.51. The van der Waals surface area contributed by atoms with E-state index in [0.29, 0.717) is 18.5 Å². The number of benzene rings is 2. The molecule has 1 fully saturated rings. The van der Waals surface area contributed by atoms with E-state index in [-0.39, 0.29) is 11.3 Å². The molecule has 0 spiro atoms. The van der Waals surface area contributed by atoms with E-state index in [2.05, 4.69) is 10.6 Å². The highest BCUT2D eigenvalue weighted by Gasteiger charge is 2.46. The minimum absolute atomic E-state index is 0.121. The van der Waals surface area contributed by atoms with Crippen molar-refractivity contribution in [3.05, 3.63) is 65.7 Å². The summed E-state index contributed by atoms with van der Waals surface area (Å²) in [7, 11) is -4.29. The molecule has 7 nitrogen and oxygen atoms in total. The fourth-order valence-electron chi connectivity index (χ4n) is 2.86. The zero-order chi connectivity index (χ0) is 19.5. The molecule has 0 radical (unpaired) electrons. The maximum Gasteiger partial charge on any atom is 0.362 e. The van der Waals surface area contributed by atoms with Crippen molar-refractivity contribution in [1.29, 1.82) is 0 Å². The molecule has 1 heterocycles. The molecular formula is C19H20N2O5S. The van der Waals surface area contributed by atoms with Crippen LogP contribution in [0.1, 0.15) is 28.8 Å². The molecule has 1 saturated heterocycles. The topological polar surface area (TPSA) is 102 Å². The van der Waals surface area contributed by atoms with Gasteiger partial charge in [0.25, 0.3) is 5.91 Å². The van der Waals surface area contributed by atoms with E-state index < -0.39 is 27.7 Å². The number of hydrogen-bond acceptors (Lipinski definition) is 6. The minimum atomic E-state index is -4.29. The van der Waals surface area contributed by atoms with Crippen LogP contribution >= 0.6 is 0 Å². The fraction of sp³-hybridized carbons (Fsp3) is 0.263. The summed E-state index contributed by atoms with van der Waals surface area (Å²) < 4.78 is 29.7. The van der Waals surface area contributed by atoms with Crippen LogP contribution in [-0.4, -0.2) is 32.5 Å². The molecule has 1 aliphatic rings. The largest absolute Gasteiger partial charge is 0.362 e. The normalized spacial score (nSPS) is 19.4. The molecule has 27 heavy (non-hydrogen) atoms. The van der Waals surface area contributed by atoms with Crippen molar-refractivity contribution in [1.82, 2.24) is 10.6 Å². The maximum atomic E-state index is 12.7. The lowest BCUT2D eigenvalue weighted by atomic mass is 10.1. The van der Waals surface area contributed by atoms with E-state index in [1.807, 2.05) is 6.92 Å². The van der Waals surface area contributed by atoms with Crippen LogP contribution in [0.25, 0.3) is 0 Å². The Bertz CT molecular complexity index is 934. The van der Waals surface area contributed by atoms with E-state index in [9.17, 15) is 18.0 Å². The molecule has 8 heteroatoms. The highest BCUT2D eigenvalue weighted by Crippen LogP contribution is 2.22. The summed E-state index contributed by atoms with van der Waals surface area (Å²) in [6, 6.07) is 14.3. The Hall–Kier alpha value is -2.71. The van der Waals surface area contributed by atoms with Gasteiger partial charge < -0.3 is 9.50 Å². The van der Waals surface area contributed by atoms with Gasteiger partial charge in [-0.2, -0.15) is 8.42 Å². The zero-order valence-corrected chi connectivity index (χ0v) is 15.6. The Morgan fingerprint density at radius 1 is 1.07 bits per heavy atom. The second-order valence-corrected chi connectivity index (χ2v) is 7.94. The van der Waals surface area contributed by atoms with Crippen LogP contribution in [0, 0.1) is 6.92 Å². The van der Waals surface area contributed by atoms with E-state index >= 15 is 0 Å². The van der Waals surface area contributed by atoms with Gasteiger partial charge in [0.1, 0.15) is 4.90 Å². The summed E-state index contributed by atoms with van der Waals surface area (Å²) in [5.74, 6) is -1.54. The first-order valence-corrected chi connectivity index (χ1v) is 9.91. The highest BCUT2D eigenvalue weighted by molar-refractivity contribution is 7.87. The number of nitrogens with one attached hydrogen (secondary N) is 2. The Balaban J connectivity index is 1.81. The summed E-state index contributed by atoms with van der Waals surface area (Å²) in [5.41, 5.74) is -0.339. The van der Waals surface area contributed by atoms with Crippen molar-refractivity contribution in [3.63, 3.8) is 0 Å². The molecule has 142 valence electrons. The molecule has 2 aromatic rings. The van der Waals surface area contributed by atoms with Gasteiger partial charge in [-0.3, -0.25) is 10.1 Å². The Labute approximate surface area is 157 Å². The molecule has 0 aromatic heterocycles. The molecule has 0 bridgehead atoms. The molecule has 2 N–H and O–H groups in total. The predicted molar refractivity (Wildman–Crippen MR) is 98.3 cm³/mol. The first kappa shape index (κ1) is 19.1. The van der Waals surface area contributed by atoms with Gasteiger partial charge in [-0.1, -0.05) is 35.9 Å². The van der Waals surface area contributed by atoms with Crippen molar-refractivity contribution < 1.29 is 22.2 Å². The van der Waals surface area contributed by atoms with Crippen LogP contribution < -0.4 is 10.6 Å². The van der Waals surface area contributed by atoms with Crippen LogP contribution in [0.2, 0.25) is 0 Å². The lowest BCUT2D eigenvalue weighted by Gasteiger charge is -2.27. The van der Waals surface area contributed by atoms with Crippen LogP contribution in [-0.2, 0) is 19.1 Å². The van der Waals surface area contributed by atoms with Gasteiger partial charge in [0.2, 0.25) is 0 Å². The monoisotopic (exact) mass is 388 g/mol. The molecule has 0 saturated carbocycles. The first-order chi connectivity index (χ1) is 12.8. The standard InChI is InChI=1S/C19H20N2O5S/c1-14-8-10-16(11-9-14)27(24,25)26-18(23)19(12-5-13-20-19)21-17(22)15-6-3-2-4-7-15/h2-4,6-11,20H,5,12-13H2,1H3,(H,21,22)/t19-/m1/s1. The third kappa shape index (κ3) is 4.17. The van der Waals surface area contributed by atoms with Gasteiger partial charge in [0.05, 0.1) is 0 Å². The lowest BCUT2D eigenvalue weighted by Crippen LogP contribution is -2.61. The van der Waals surface area contributed by atoms with Gasteiger partial charge in [-0.15, -0.1) is 0 Å². The number of hydrogen-bond donors (Lipinski definition) is 2. The van der Waals surface area contributed by atoms with Crippen molar-refractivity contribution >= 4 is 22.0 Å². The number of amides is 1. The summed E-state index contributed by atoms with van der Waals surface area (Å²) in [4.78, 5) is 25.1. The summed E-state index contributed by atoms with van der Waals surface area (Å²) in [6.45, 7) is 2.27. The van der Waals surface area contributed by atoms with Gasteiger partial charge in [-0.25, -0.2) is 4.79 Å². The highest BCUT2D eigenvalue weighted by atomic mass is 32.2. The summed E-state index contributed by atoms with van der Waals surface area (Å²) in [6.07, 6.45) is 0.822. The predicted octanol–water partition coefficient (Wildman–Crippen LogP) is 1.74. The summed E-state index contributed by atoms with van der Waals surface area (Å²) >= 11 is 0. The molecule has 0 aliphatic carbocycles. The fourth-order valence-corrected chi connectivity index (χ4v) is 3.76. The second-order valence-electron chi connectivity index (χ2n) is 6.39. The van der Waals surface area contributed by atoms with Gasteiger partial charge in [-0.05, 0) is 50.6 Å². The quantitative estimate of drug-likeness (QED) is 0.757. The van der Waals surface area contributed by atoms with E-state index in [1.54, 1.807) is 42.5 Å². The van der Waals surface area contributed by atoms with E-state index in [4.69, 9.17) is 4.18 Å².